The van der Waals surface area contributed by atoms with E-state index in [1.807, 2.05) is 25.9 Å². The van der Waals surface area contributed by atoms with Gasteiger partial charge in [0.25, 0.3) is 11.7 Å². The minimum atomic E-state index is -0.812. The van der Waals surface area contributed by atoms with Gasteiger partial charge in [-0.2, -0.15) is 0 Å². The van der Waals surface area contributed by atoms with Crippen LogP contribution in [0.5, 0.6) is 17.2 Å². The zero-order valence-electron chi connectivity index (χ0n) is 19.8. The monoisotopic (exact) mass is 454 g/mol. The lowest BCUT2D eigenvalue weighted by Crippen LogP contribution is -2.35. The third kappa shape index (κ3) is 4.66. The van der Waals surface area contributed by atoms with Gasteiger partial charge in [-0.25, -0.2) is 0 Å². The van der Waals surface area contributed by atoms with Gasteiger partial charge in [0.2, 0.25) is 0 Å². The summed E-state index contributed by atoms with van der Waals surface area (Å²) in [5.41, 5.74) is 1.83. The number of likely N-dealkylation sites (tertiary alicyclic amines) is 1. The highest BCUT2D eigenvalue weighted by Gasteiger charge is 2.47. The summed E-state index contributed by atoms with van der Waals surface area (Å²) in [6, 6.07) is 9.48. The Kier molecular flexibility index (Phi) is 7.28. The topological polar surface area (TPSA) is 88.5 Å². The van der Waals surface area contributed by atoms with E-state index in [9.17, 15) is 14.7 Å². The first-order chi connectivity index (χ1) is 15.7. The highest BCUT2D eigenvalue weighted by atomic mass is 16.5. The first-order valence-corrected chi connectivity index (χ1v) is 10.5. The van der Waals surface area contributed by atoms with E-state index in [0.29, 0.717) is 41.5 Å². The molecule has 1 amide bonds. The molecule has 1 aliphatic rings. The summed E-state index contributed by atoms with van der Waals surface area (Å²) in [7, 11) is 8.40. The molecule has 8 nitrogen and oxygen atoms in total. The fourth-order valence-electron chi connectivity index (χ4n) is 3.97. The van der Waals surface area contributed by atoms with E-state index in [1.165, 1.54) is 12.0 Å². The molecule has 3 rings (SSSR count). The van der Waals surface area contributed by atoms with Gasteiger partial charge in [0, 0.05) is 30.3 Å². The normalized spacial score (nSPS) is 17.5. The van der Waals surface area contributed by atoms with Crippen molar-refractivity contribution in [2.45, 2.75) is 13.0 Å². The number of ether oxygens (including phenoxy) is 3. The Morgan fingerprint density at radius 3 is 2.27 bits per heavy atom. The molecule has 1 aliphatic heterocycles. The fourth-order valence-corrected chi connectivity index (χ4v) is 3.97. The molecular formula is C25H30N2O6. The van der Waals surface area contributed by atoms with Gasteiger partial charge < -0.3 is 29.1 Å². The maximum absolute atomic E-state index is 13.2. The molecule has 1 atom stereocenters. The molecule has 0 aliphatic carbocycles. The largest absolute Gasteiger partial charge is 0.507 e. The quantitative estimate of drug-likeness (QED) is 0.373. The van der Waals surface area contributed by atoms with Crippen LogP contribution in [0.4, 0.5) is 0 Å². The number of aliphatic hydroxyl groups excluding tert-OH is 1. The van der Waals surface area contributed by atoms with E-state index >= 15 is 0 Å². The molecule has 176 valence electrons. The number of aliphatic hydroxyl groups is 1. The molecule has 0 aromatic heterocycles. The molecule has 1 unspecified atom stereocenters. The summed E-state index contributed by atoms with van der Waals surface area (Å²) in [5, 5.41) is 11.3. The third-order valence-electron chi connectivity index (χ3n) is 5.73. The number of Topliss-reactive ketones (excluding diaryl/α,β-unsaturated/α-hetero) is 1. The van der Waals surface area contributed by atoms with Crippen molar-refractivity contribution in [3.05, 3.63) is 58.7 Å². The van der Waals surface area contributed by atoms with Crippen molar-refractivity contribution in [2.75, 3.05) is 48.5 Å². The number of ketones is 1. The average molecular weight is 455 g/mol. The van der Waals surface area contributed by atoms with Crippen molar-refractivity contribution in [3.8, 4) is 17.2 Å². The van der Waals surface area contributed by atoms with Crippen LogP contribution < -0.4 is 14.2 Å². The van der Waals surface area contributed by atoms with Crippen LogP contribution in [0.15, 0.2) is 42.0 Å². The van der Waals surface area contributed by atoms with Gasteiger partial charge in [0.15, 0.2) is 0 Å². The highest BCUT2D eigenvalue weighted by Crippen LogP contribution is 2.43. The van der Waals surface area contributed by atoms with Crippen LogP contribution in [0.25, 0.3) is 5.76 Å². The minimum absolute atomic E-state index is 0.0202. The lowest BCUT2D eigenvalue weighted by Gasteiger charge is -2.27. The molecule has 1 saturated heterocycles. The summed E-state index contributed by atoms with van der Waals surface area (Å²) >= 11 is 0. The Hall–Kier alpha value is -3.52. The van der Waals surface area contributed by atoms with E-state index in [2.05, 4.69) is 0 Å². The second kappa shape index (κ2) is 9.95. The van der Waals surface area contributed by atoms with Crippen molar-refractivity contribution in [1.29, 1.82) is 0 Å². The number of hydrogen-bond acceptors (Lipinski definition) is 7. The summed E-state index contributed by atoms with van der Waals surface area (Å²) in [4.78, 5) is 29.6. The molecule has 0 saturated carbocycles. The Morgan fingerprint density at radius 1 is 1.00 bits per heavy atom. The molecule has 1 heterocycles. The predicted molar refractivity (Wildman–Crippen MR) is 125 cm³/mol. The Labute approximate surface area is 194 Å². The van der Waals surface area contributed by atoms with Gasteiger partial charge >= 0.3 is 0 Å². The van der Waals surface area contributed by atoms with Gasteiger partial charge in [-0.1, -0.05) is 0 Å². The van der Waals surface area contributed by atoms with Crippen LogP contribution in [0.1, 0.15) is 22.7 Å². The summed E-state index contributed by atoms with van der Waals surface area (Å²) < 4.78 is 16.2. The molecule has 1 N–H and O–H groups in total. The number of nitrogens with zero attached hydrogens (tertiary/aromatic N) is 2. The number of carbonyl (C=O) groups is 2. The number of carbonyl (C=O) groups excluding carboxylic acids is 2. The molecule has 0 radical (unpaired) electrons. The number of likely N-dealkylation sites (N-methyl/N-ethyl adjacent to an activating group) is 1. The number of aryl methyl sites for hydroxylation is 1. The van der Waals surface area contributed by atoms with Crippen LogP contribution in [0, 0.1) is 6.92 Å². The van der Waals surface area contributed by atoms with E-state index in [0.717, 1.165) is 5.56 Å². The van der Waals surface area contributed by atoms with Crippen LogP contribution in [-0.2, 0) is 9.59 Å². The van der Waals surface area contributed by atoms with Gasteiger partial charge in [-0.05, 0) is 56.9 Å². The first kappa shape index (κ1) is 24.1. The van der Waals surface area contributed by atoms with Crippen LogP contribution in [-0.4, -0.2) is 75.1 Å². The van der Waals surface area contributed by atoms with Crippen molar-refractivity contribution in [2.24, 2.45) is 0 Å². The van der Waals surface area contributed by atoms with Crippen molar-refractivity contribution >= 4 is 17.4 Å². The summed E-state index contributed by atoms with van der Waals surface area (Å²) in [6.45, 7) is 2.69. The minimum Gasteiger partial charge on any atom is -0.507 e. The van der Waals surface area contributed by atoms with Crippen LogP contribution >= 0.6 is 0 Å². The second-order valence-electron chi connectivity index (χ2n) is 8.09. The predicted octanol–water partition coefficient (Wildman–Crippen LogP) is 3.00. The maximum Gasteiger partial charge on any atom is 0.295 e. The maximum atomic E-state index is 13.2. The molecular weight excluding hydrogens is 424 g/mol. The Morgan fingerprint density at radius 2 is 1.70 bits per heavy atom. The molecule has 33 heavy (non-hydrogen) atoms. The van der Waals surface area contributed by atoms with E-state index in [-0.39, 0.29) is 11.3 Å². The molecule has 0 bridgehead atoms. The van der Waals surface area contributed by atoms with Crippen LogP contribution in [0.2, 0.25) is 0 Å². The fraction of sp³-hybridized carbons (Fsp3) is 0.360. The molecule has 2 aromatic rings. The Balaban J connectivity index is 2.22. The number of hydrogen-bond donors (Lipinski definition) is 1. The van der Waals surface area contributed by atoms with Crippen LogP contribution in [0.3, 0.4) is 0 Å². The number of benzene rings is 2. The molecule has 2 aromatic carbocycles. The lowest BCUT2D eigenvalue weighted by molar-refractivity contribution is -0.140. The third-order valence-corrected chi connectivity index (χ3v) is 5.73. The first-order valence-electron chi connectivity index (χ1n) is 10.5. The number of methoxy groups -OCH3 is 3. The summed E-state index contributed by atoms with van der Waals surface area (Å²) in [6.07, 6.45) is 0. The van der Waals surface area contributed by atoms with Gasteiger partial charge in [0.1, 0.15) is 23.0 Å². The van der Waals surface area contributed by atoms with Crippen molar-refractivity contribution in [3.63, 3.8) is 0 Å². The highest BCUT2D eigenvalue weighted by molar-refractivity contribution is 6.46. The van der Waals surface area contributed by atoms with E-state index in [1.54, 1.807) is 50.6 Å². The Bertz CT molecular complexity index is 1090. The smallest absolute Gasteiger partial charge is 0.295 e. The van der Waals surface area contributed by atoms with Gasteiger partial charge in [0.05, 0.1) is 32.9 Å². The van der Waals surface area contributed by atoms with Gasteiger partial charge in [-0.15, -0.1) is 0 Å². The SMILES string of the molecule is COc1ccc(C2/C(=C(\O)c3ccc(OC)c(C)c3)C(=O)C(=O)N2CCN(C)C)c(OC)c1. The molecule has 0 spiro atoms. The second-order valence-corrected chi connectivity index (χ2v) is 8.09. The zero-order valence-corrected chi connectivity index (χ0v) is 19.8. The zero-order chi connectivity index (χ0) is 24.3. The number of amides is 1. The average Bonchev–Trinajstić information content (AvgIpc) is 3.06. The lowest BCUT2D eigenvalue weighted by atomic mass is 9.94. The summed E-state index contributed by atoms with van der Waals surface area (Å²) in [5.74, 6) is 0.0503. The molecule has 1 fully saturated rings. The van der Waals surface area contributed by atoms with Gasteiger partial charge in [-0.3, -0.25) is 9.59 Å². The van der Waals surface area contributed by atoms with E-state index < -0.39 is 17.7 Å². The molecule has 8 heteroatoms. The standard InChI is InChI=1S/C25H30N2O6/c1-15-13-16(7-10-19(15)32-5)23(28)21-22(18-9-8-17(31-4)14-20(18)33-6)27(12-11-26(2)3)25(30)24(21)29/h7-10,13-14,22,28H,11-12H2,1-6H3/b23-21+. The van der Waals surface area contributed by atoms with Crippen molar-refractivity contribution in [1.82, 2.24) is 9.80 Å². The number of rotatable bonds is 8. The van der Waals surface area contributed by atoms with Crippen molar-refractivity contribution < 1.29 is 28.9 Å². The van der Waals surface area contributed by atoms with E-state index in [4.69, 9.17) is 14.2 Å².